The first-order valence-corrected chi connectivity index (χ1v) is 8.78. The molecule has 0 bridgehead atoms. The zero-order valence-electron chi connectivity index (χ0n) is 15.3. The van der Waals surface area contributed by atoms with Crippen LogP contribution in [0.5, 0.6) is 11.5 Å². The van der Waals surface area contributed by atoms with Crippen LogP contribution in [0.1, 0.15) is 6.92 Å². The lowest BCUT2D eigenvalue weighted by atomic mass is 10.3. The van der Waals surface area contributed by atoms with E-state index >= 15 is 0 Å². The number of rotatable bonds is 11. The summed E-state index contributed by atoms with van der Waals surface area (Å²) < 4.78 is 11.0. The number of aliphatic hydroxyl groups is 2. The van der Waals surface area contributed by atoms with Gasteiger partial charge in [0.1, 0.15) is 36.9 Å². The van der Waals surface area contributed by atoms with Crippen molar-refractivity contribution in [1.82, 2.24) is 5.32 Å². The Hall–Kier alpha value is -2.61. The highest BCUT2D eigenvalue weighted by atomic mass is 16.5. The molecule has 0 fully saturated rings. The van der Waals surface area contributed by atoms with Crippen molar-refractivity contribution in [3.63, 3.8) is 0 Å². The second-order valence-electron chi connectivity index (χ2n) is 6.11. The van der Waals surface area contributed by atoms with E-state index in [-0.39, 0.29) is 25.7 Å². The van der Waals surface area contributed by atoms with Crippen molar-refractivity contribution in [1.29, 1.82) is 0 Å². The highest BCUT2D eigenvalue weighted by Crippen LogP contribution is 2.15. The van der Waals surface area contributed by atoms with Crippen LogP contribution in [-0.4, -0.2) is 54.6 Å². The summed E-state index contributed by atoms with van der Waals surface area (Å²) in [6.07, 6.45) is -1.40. The van der Waals surface area contributed by atoms with E-state index in [1.54, 1.807) is 24.3 Å². The van der Waals surface area contributed by atoms with Gasteiger partial charge in [0.05, 0.1) is 0 Å². The molecule has 4 N–H and O–H groups in total. The number of benzene rings is 2. The van der Waals surface area contributed by atoms with Gasteiger partial charge in [-0.3, -0.25) is 4.79 Å². The average Bonchev–Trinajstić information content (AvgIpc) is 2.66. The lowest BCUT2D eigenvalue weighted by molar-refractivity contribution is -0.114. The summed E-state index contributed by atoms with van der Waals surface area (Å²) in [7, 11) is 0. The molecule has 27 heavy (non-hydrogen) atoms. The third-order valence-electron chi connectivity index (χ3n) is 3.56. The van der Waals surface area contributed by atoms with Gasteiger partial charge in [-0.25, -0.2) is 0 Å². The van der Waals surface area contributed by atoms with Crippen LogP contribution in [0.4, 0.5) is 5.69 Å². The highest BCUT2D eigenvalue weighted by Gasteiger charge is 2.09. The molecule has 7 heteroatoms. The molecule has 146 valence electrons. The Labute approximate surface area is 158 Å². The van der Waals surface area contributed by atoms with Gasteiger partial charge in [0.25, 0.3) is 0 Å². The summed E-state index contributed by atoms with van der Waals surface area (Å²) in [5, 5.41) is 25.5. The lowest BCUT2D eigenvalue weighted by Crippen LogP contribution is -2.37. The number of anilines is 1. The van der Waals surface area contributed by atoms with Crippen molar-refractivity contribution in [2.75, 3.05) is 31.6 Å². The number of carbonyl (C=O) groups excluding carboxylic acids is 1. The average molecular weight is 374 g/mol. The van der Waals surface area contributed by atoms with Gasteiger partial charge in [0.2, 0.25) is 5.91 Å². The van der Waals surface area contributed by atoms with Gasteiger partial charge in [0, 0.05) is 25.7 Å². The van der Waals surface area contributed by atoms with E-state index in [0.29, 0.717) is 23.7 Å². The Balaban J connectivity index is 1.58. The molecule has 0 aliphatic carbocycles. The van der Waals surface area contributed by atoms with Crippen LogP contribution in [0.25, 0.3) is 0 Å². The smallest absolute Gasteiger partial charge is 0.221 e. The van der Waals surface area contributed by atoms with Gasteiger partial charge in [0.15, 0.2) is 0 Å². The molecule has 0 aliphatic rings. The number of hydrogen-bond donors (Lipinski definition) is 4. The van der Waals surface area contributed by atoms with Crippen LogP contribution in [0.3, 0.4) is 0 Å². The molecule has 0 heterocycles. The number of para-hydroxylation sites is 1. The molecule has 0 aliphatic heterocycles. The third kappa shape index (κ3) is 8.54. The van der Waals surface area contributed by atoms with E-state index in [1.165, 1.54) is 6.92 Å². The molecule has 2 rings (SSSR count). The molecular weight excluding hydrogens is 348 g/mol. The third-order valence-corrected chi connectivity index (χ3v) is 3.56. The minimum atomic E-state index is -0.720. The van der Waals surface area contributed by atoms with Crippen LogP contribution in [0.2, 0.25) is 0 Å². The lowest BCUT2D eigenvalue weighted by Gasteiger charge is -2.16. The normalized spacial score (nSPS) is 12.9. The summed E-state index contributed by atoms with van der Waals surface area (Å²) in [6.45, 7) is 2.31. The fourth-order valence-corrected chi connectivity index (χ4v) is 2.27. The Bertz CT molecular complexity index is 679. The number of amides is 1. The number of hydrogen-bond acceptors (Lipinski definition) is 6. The Morgan fingerprint density at radius 1 is 0.889 bits per heavy atom. The van der Waals surface area contributed by atoms with Gasteiger partial charge >= 0.3 is 0 Å². The van der Waals surface area contributed by atoms with Crippen molar-refractivity contribution in [2.45, 2.75) is 19.1 Å². The zero-order valence-corrected chi connectivity index (χ0v) is 15.3. The Morgan fingerprint density at radius 2 is 1.41 bits per heavy atom. The minimum absolute atomic E-state index is 0.114. The van der Waals surface area contributed by atoms with Crippen LogP contribution < -0.4 is 20.1 Å². The van der Waals surface area contributed by atoms with E-state index < -0.39 is 12.2 Å². The molecule has 1 amide bonds. The molecule has 2 aromatic carbocycles. The number of carbonyl (C=O) groups is 1. The summed E-state index contributed by atoms with van der Waals surface area (Å²) in [5.74, 6) is 1.16. The van der Waals surface area contributed by atoms with Crippen molar-refractivity contribution in [2.24, 2.45) is 0 Å². The SMILES string of the molecule is CC(=O)Nc1ccc(OCC(O)CNCC(O)COc2ccccc2)cc1. The predicted octanol–water partition coefficient (Wildman–Crippen LogP) is 1.41. The van der Waals surface area contributed by atoms with E-state index in [0.717, 1.165) is 0 Å². The first kappa shape index (κ1) is 20.7. The van der Waals surface area contributed by atoms with Crippen LogP contribution in [0.15, 0.2) is 54.6 Å². The van der Waals surface area contributed by atoms with E-state index in [4.69, 9.17) is 9.47 Å². The van der Waals surface area contributed by atoms with E-state index in [9.17, 15) is 15.0 Å². The monoisotopic (exact) mass is 374 g/mol. The molecule has 7 nitrogen and oxygen atoms in total. The maximum atomic E-state index is 11.0. The highest BCUT2D eigenvalue weighted by molar-refractivity contribution is 5.88. The molecule has 2 unspecified atom stereocenters. The zero-order chi connectivity index (χ0) is 19.5. The van der Waals surface area contributed by atoms with Crippen molar-refractivity contribution >= 4 is 11.6 Å². The standard InChI is InChI=1S/C20H26N2O5/c1-15(23)22-16-7-9-20(10-8-16)27-14-18(25)12-21-11-17(24)13-26-19-5-3-2-4-6-19/h2-10,17-18,21,24-25H,11-14H2,1H3,(H,22,23). The maximum absolute atomic E-state index is 11.0. The summed E-state index contributed by atoms with van der Waals surface area (Å²) in [5.41, 5.74) is 0.684. The number of aliphatic hydroxyl groups excluding tert-OH is 2. The first-order valence-electron chi connectivity index (χ1n) is 8.78. The first-order chi connectivity index (χ1) is 13.0. The van der Waals surface area contributed by atoms with Crippen molar-refractivity contribution in [3.8, 4) is 11.5 Å². The predicted molar refractivity (Wildman–Crippen MR) is 103 cm³/mol. The van der Waals surface area contributed by atoms with Crippen LogP contribution >= 0.6 is 0 Å². The Kier molecular flexibility index (Phi) is 8.57. The molecule has 0 saturated heterocycles. The molecule has 0 aromatic heterocycles. The second kappa shape index (κ2) is 11.2. The van der Waals surface area contributed by atoms with Gasteiger partial charge in [-0.05, 0) is 36.4 Å². The van der Waals surface area contributed by atoms with E-state index in [1.807, 2.05) is 30.3 Å². The minimum Gasteiger partial charge on any atom is -0.491 e. The summed E-state index contributed by atoms with van der Waals surface area (Å²) >= 11 is 0. The van der Waals surface area contributed by atoms with Crippen molar-refractivity contribution in [3.05, 3.63) is 54.6 Å². The maximum Gasteiger partial charge on any atom is 0.221 e. The summed E-state index contributed by atoms with van der Waals surface area (Å²) in [6, 6.07) is 16.2. The van der Waals surface area contributed by atoms with Gasteiger partial charge < -0.3 is 30.3 Å². The van der Waals surface area contributed by atoms with E-state index in [2.05, 4.69) is 10.6 Å². The second-order valence-corrected chi connectivity index (χ2v) is 6.11. The molecule has 2 aromatic rings. The van der Waals surface area contributed by atoms with Gasteiger partial charge in [-0.15, -0.1) is 0 Å². The molecule has 2 atom stereocenters. The largest absolute Gasteiger partial charge is 0.491 e. The Morgan fingerprint density at radius 3 is 1.93 bits per heavy atom. The van der Waals surface area contributed by atoms with Gasteiger partial charge in [-0.2, -0.15) is 0 Å². The van der Waals surface area contributed by atoms with Crippen LogP contribution in [-0.2, 0) is 4.79 Å². The topological polar surface area (TPSA) is 100 Å². The number of nitrogens with one attached hydrogen (secondary N) is 2. The van der Waals surface area contributed by atoms with Crippen molar-refractivity contribution < 1.29 is 24.5 Å². The molecule has 0 radical (unpaired) electrons. The van der Waals surface area contributed by atoms with Gasteiger partial charge in [-0.1, -0.05) is 18.2 Å². The fraction of sp³-hybridized carbons (Fsp3) is 0.350. The number of ether oxygens (including phenoxy) is 2. The van der Waals surface area contributed by atoms with Crippen LogP contribution in [0, 0.1) is 0 Å². The fourth-order valence-electron chi connectivity index (χ4n) is 2.27. The molecule has 0 saturated carbocycles. The quantitative estimate of drug-likeness (QED) is 0.475. The summed E-state index contributed by atoms with van der Waals surface area (Å²) in [4.78, 5) is 11.0. The molecule has 0 spiro atoms. The molecular formula is C20H26N2O5.